The summed E-state index contributed by atoms with van der Waals surface area (Å²) in [5.41, 5.74) is -0.485. The Balaban J connectivity index is 1.44. The lowest BCUT2D eigenvalue weighted by Crippen LogP contribution is -2.14. The minimum absolute atomic E-state index is 0.0199. The first-order valence-electron chi connectivity index (χ1n) is 15.9. The Hall–Kier alpha value is -4.81. The maximum absolute atomic E-state index is 13.4. The average molecular weight is 711 g/mol. The van der Waals surface area contributed by atoms with Gasteiger partial charge in [0.2, 0.25) is 5.76 Å². The highest BCUT2D eigenvalue weighted by molar-refractivity contribution is 8.00. The number of phenols is 1. The van der Waals surface area contributed by atoms with Gasteiger partial charge in [0.05, 0.1) is 34.5 Å². The fraction of sp³-hybridized carbons (Fsp3) is 0.289. The second kappa shape index (κ2) is 17.2. The van der Waals surface area contributed by atoms with Crippen LogP contribution in [0.4, 0.5) is 13.2 Å². The molecule has 1 aromatic heterocycles. The van der Waals surface area contributed by atoms with E-state index >= 15 is 0 Å². The first kappa shape index (κ1) is 38.0. The zero-order valence-electron chi connectivity index (χ0n) is 27.4. The van der Waals surface area contributed by atoms with Gasteiger partial charge in [0.15, 0.2) is 11.2 Å². The molecule has 0 aliphatic heterocycles. The number of rotatable bonds is 16. The van der Waals surface area contributed by atoms with E-state index in [4.69, 9.17) is 9.15 Å². The molecule has 2 atom stereocenters. The normalized spacial score (nSPS) is 13.2. The summed E-state index contributed by atoms with van der Waals surface area (Å²) in [6.45, 7) is 3.78. The maximum Gasteiger partial charge on any atom is 0.416 e. The summed E-state index contributed by atoms with van der Waals surface area (Å²) in [4.78, 5) is 36.0. The van der Waals surface area contributed by atoms with E-state index in [0.29, 0.717) is 42.1 Å². The van der Waals surface area contributed by atoms with Crippen LogP contribution in [-0.4, -0.2) is 38.9 Å². The molecule has 2 unspecified atom stereocenters. The molecule has 50 heavy (non-hydrogen) atoms. The Labute approximate surface area is 290 Å². The number of phenolic OH excluding ortho intramolecular Hbond substituents is 1. The minimum Gasteiger partial charge on any atom is -0.507 e. The van der Waals surface area contributed by atoms with Gasteiger partial charge in [0.1, 0.15) is 17.1 Å². The molecule has 0 fully saturated rings. The number of aromatic hydroxyl groups is 1. The molecule has 0 aliphatic carbocycles. The van der Waals surface area contributed by atoms with Gasteiger partial charge < -0.3 is 24.5 Å². The monoisotopic (exact) mass is 710 g/mol. The number of carboxylic acid groups (broad SMARTS) is 1. The van der Waals surface area contributed by atoms with E-state index in [0.717, 1.165) is 42.8 Å². The summed E-state index contributed by atoms with van der Waals surface area (Å²) in [5.74, 6) is -1.66. The van der Waals surface area contributed by atoms with Crippen molar-refractivity contribution in [1.82, 2.24) is 0 Å². The zero-order chi connectivity index (χ0) is 36.4. The standard InChI is InChI=1S/C38H37F3O8S/c1-3-11-29-31(18-17-27(23(2)42)36(29)45)48-19-9-7-5-4-6-8-14-34(35(44)24-12-10-13-25(20-24)38(39,40)41)50-26-15-16-28-30(43)22-33(37(46)47)49-32(28)21-26/h4,6,8,10,12-18,20-22,34-35,44-45H,3,5,7,9,11,19H2,1-2H3,(H,46,47)/b6-4-,14-8+. The highest BCUT2D eigenvalue weighted by atomic mass is 32.2. The summed E-state index contributed by atoms with van der Waals surface area (Å²) >= 11 is 1.11. The van der Waals surface area contributed by atoms with Crippen LogP contribution in [0.3, 0.4) is 0 Å². The average Bonchev–Trinajstić information content (AvgIpc) is 3.07. The first-order valence-corrected chi connectivity index (χ1v) is 16.8. The fourth-order valence-corrected chi connectivity index (χ4v) is 6.28. The van der Waals surface area contributed by atoms with E-state index < -0.39 is 40.3 Å². The summed E-state index contributed by atoms with van der Waals surface area (Å²) in [7, 11) is 0. The number of alkyl halides is 3. The van der Waals surface area contributed by atoms with Gasteiger partial charge in [-0.2, -0.15) is 13.2 Å². The van der Waals surface area contributed by atoms with Gasteiger partial charge >= 0.3 is 12.1 Å². The van der Waals surface area contributed by atoms with E-state index in [1.807, 2.05) is 13.0 Å². The molecule has 0 spiro atoms. The van der Waals surface area contributed by atoms with Crippen molar-refractivity contribution in [2.24, 2.45) is 0 Å². The van der Waals surface area contributed by atoms with Crippen molar-refractivity contribution in [2.45, 2.75) is 68.4 Å². The Morgan fingerprint density at radius 3 is 2.52 bits per heavy atom. The van der Waals surface area contributed by atoms with Gasteiger partial charge in [-0.3, -0.25) is 9.59 Å². The Morgan fingerprint density at radius 2 is 1.82 bits per heavy atom. The summed E-state index contributed by atoms with van der Waals surface area (Å²) in [6.07, 6.45) is 4.56. The van der Waals surface area contributed by atoms with E-state index in [-0.39, 0.29) is 33.6 Å². The molecule has 0 bridgehead atoms. The lowest BCUT2D eigenvalue weighted by atomic mass is 10.0. The highest BCUT2D eigenvalue weighted by Crippen LogP contribution is 2.37. The van der Waals surface area contributed by atoms with E-state index in [2.05, 4.69) is 0 Å². The van der Waals surface area contributed by atoms with Gasteiger partial charge in [-0.1, -0.05) is 49.8 Å². The second-order valence-electron chi connectivity index (χ2n) is 11.5. The molecule has 0 saturated carbocycles. The number of aliphatic hydroxyl groups is 1. The number of benzene rings is 3. The van der Waals surface area contributed by atoms with Crippen LogP contribution in [-0.2, 0) is 12.6 Å². The van der Waals surface area contributed by atoms with Gasteiger partial charge in [-0.25, -0.2) is 4.79 Å². The maximum atomic E-state index is 13.4. The molecule has 0 saturated heterocycles. The zero-order valence-corrected chi connectivity index (χ0v) is 28.2. The fourth-order valence-electron chi connectivity index (χ4n) is 5.19. The highest BCUT2D eigenvalue weighted by Gasteiger charge is 2.31. The molecule has 12 heteroatoms. The molecule has 1 heterocycles. The molecule has 4 rings (SSSR count). The van der Waals surface area contributed by atoms with Gasteiger partial charge in [0, 0.05) is 16.5 Å². The number of hydrogen-bond donors (Lipinski definition) is 3. The molecule has 264 valence electrons. The number of carboxylic acids is 1. The molecule has 0 aliphatic rings. The van der Waals surface area contributed by atoms with Crippen molar-refractivity contribution in [2.75, 3.05) is 6.61 Å². The largest absolute Gasteiger partial charge is 0.507 e. The van der Waals surface area contributed by atoms with Gasteiger partial charge in [0.25, 0.3) is 0 Å². The number of carbonyl (C=O) groups excluding carboxylic acids is 1. The molecule has 0 amide bonds. The van der Waals surface area contributed by atoms with Crippen LogP contribution in [0, 0.1) is 0 Å². The van der Waals surface area contributed by atoms with Crippen molar-refractivity contribution in [3.63, 3.8) is 0 Å². The van der Waals surface area contributed by atoms with Crippen molar-refractivity contribution < 1.29 is 47.2 Å². The van der Waals surface area contributed by atoms with Crippen LogP contribution >= 0.6 is 11.8 Å². The molecular weight excluding hydrogens is 673 g/mol. The van der Waals surface area contributed by atoms with Crippen molar-refractivity contribution in [3.05, 3.63) is 123 Å². The lowest BCUT2D eigenvalue weighted by molar-refractivity contribution is -0.137. The molecular formula is C38H37F3O8S. The number of fused-ring (bicyclic) bond motifs is 1. The Kier molecular flexibility index (Phi) is 13.1. The molecule has 3 N–H and O–H groups in total. The molecule has 4 aromatic rings. The molecule has 3 aromatic carbocycles. The summed E-state index contributed by atoms with van der Waals surface area (Å²) < 4.78 is 51.6. The summed E-state index contributed by atoms with van der Waals surface area (Å²) in [5, 5.41) is 30.4. The number of ketones is 1. The van der Waals surface area contributed by atoms with E-state index in [9.17, 15) is 42.9 Å². The number of halogens is 3. The van der Waals surface area contributed by atoms with Gasteiger partial charge in [-0.15, -0.1) is 11.8 Å². The number of aromatic carboxylic acids is 1. The summed E-state index contributed by atoms with van der Waals surface area (Å²) in [6, 6.07) is 13.1. The minimum atomic E-state index is -4.60. The van der Waals surface area contributed by atoms with Crippen molar-refractivity contribution in [1.29, 1.82) is 0 Å². The number of aliphatic hydroxyl groups excluding tert-OH is 1. The van der Waals surface area contributed by atoms with Crippen LogP contribution in [0.1, 0.15) is 83.2 Å². The number of carbonyl (C=O) groups is 2. The number of ether oxygens (including phenoxy) is 1. The number of unbranched alkanes of at least 4 members (excludes halogenated alkanes) is 2. The number of Topliss-reactive ketones (excluding diaryl/α,β-unsaturated/α-hetero) is 1. The third kappa shape index (κ3) is 9.88. The predicted molar refractivity (Wildman–Crippen MR) is 185 cm³/mol. The van der Waals surface area contributed by atoms with Crippen LogP contribution in [0.25, 0.3) is 11.0 Å². The Bertz CT molecular complexity index is 1950. The number of thioether (sulfide) groups is 1. The van der Waals surface area contributed by atoms with Crippen molar-refractivity contribution >= 4 is 34.5 Å². The van der Waals surface area contributed by atoms with Gasteiger partial charge in [-0.05, 0) is 80.6 Å². The smallest absolute Gasteiger partial charge is 0.416 e. The third-order valence-corrected chi connectivity index (χ3v) is 8.95. The van der Waals surface area contributed by atoms with E-state index in [1.165, 1.54) is 31.2 Å². The topological polar surface area (TPSA) is 134 Å². The third-order valence-electron chi connectivity index (χ3n) is 7.74. The van der Waals surface area contributed by atoms with Crippen molar-refractivity contribution in [3.8, 4) is 11.5 Å². The van der Waals surface area contributed by atoms with Crippen LogP contribution in [0.15, 0.2) is 99.1 Å². The number of allylic oxidation sites excluding steroid dienone is 3. The van der Waals surface area contributed by atoms with Crippen LogP contribution in [0.5, 0.6) is 11.5 Å². The molecule has 0 radical (unpaired) electrons. The SMILES string of the molecule is CCCc1c(OCCCC/C=C\C=C\C(Sc2ccc3c(=O)cc(C(=O)O)oc3c2)C(O)c2cccc(C(F)(F)F)c2)ccc(C(C)=O)c1O. The predicted octanol–water partition coefficient (Wildman–Crippen LogP) is 8.93. The first-order chi connectivity index (χ1) is 23.8. The quantitative estimate of drug-likeness (QED) is 0.0451. The number of hydrogen-bond acceptors (Lipinski definition) is 8. The van der Waals surface area contributed by atoms with Crippen LogP contribution in [0.2, 0.25) is 0 Å². The lowest BCUT2D eigenvalue weighted by Gasteiger charge is -2.21. The van der Waals surface area contributed by atoms with E-state index in [1.54, 1.807) is 36.4 Å². The Morgan fingerprint density at radius 1 is 1.04 bits per heavy atom. The second-order valence-corrected chi connectivity index (χ2v) is 12.7. The molecule has 8 nitrogen and oxygen atoms in total. The van der Waals surface area contributed by atoms with Crippen LogP contribution < -0.4 is 10.2 Å².